The summed E-state index contributed by atoms with van der Waals surface area (Å²) in [4.78, 5) is 29.0. The number of hydrogen-bond acceptors (Lipinski definition) is 6. The van der Waals surface area contributed by atoms with Gasteiger partial charge in [0, 0.05) is 51.9 Å². The highest BCUT2D eigenvalue weighted by Gasteiger charge is 2.17. The lowest BCUT2D eigenvalue weighted by Gasteiger charge is -2.14. The van der Waals surface area contributed by atoms with Gasteiger partial charge in [-0.3, -0.25) is 19.9 Å². The second-order valence-corrected chi connectivity index (χ2v) is 9.62. The first-order chi connectivity index (χ1) is 19.8. The normalized spacial score (nSPS) is 11.5. The predicted molar refractivity (Wildman–Crippen MR) is 160 cm³/mol. The van der Waals surface area contributed by atoms with Crippen LogP contribution in [0.3, 0.4) is 0 Å². The first-order valence-corrected chi connectivity index (χ1v) is 13.0. The number of nitrogens with zero attached hydrogens (tertiary/aromatic N) is 6. The van der Waals surface area contributed by atoms with Crippen molar-refractivity contribution in [1.29, 1.82) is 0 Å². The SMILES string of the molecule is c1ccc(-c2cc(-c3nc4c(cnc5c4ccc4cccnc45)c4ccccc34)cc(-c3ccccn3)n2)nc1. The number of pyridine rings is 6. The van der Waals surface area contributed by atoms with Crippen LogP contribution in [0, 0.1) is 0 Å². The molecule has 0 fully saturated rings. The van der Waals surface area contributed by atoms with Gasteiger partial charge in [0.1, 0.15) is 0 Å². The van der Waals surface area contributed by atoms with Gasteiger partial charge < -0.3 is 0 Å². The molecule has 186 valence electrons. The fraction of sp³-hybridized carbons (Fsp3) is 0. The molecule has 0 atom stereocenters. The lowest BCUT2D eigenvalue weighted by Crippen LogP contribution is -1.97. The van der Waals surface area contributed by atoms with Gasteiger partial charge in [-0.2, -0.15) is 0 Å². The Labute approximate surface area is 229 Å². The van der Waals surface area contributed by atoms with E-state index in [1.165, 1.54) is 0 Å². The van der Waals surface area contributed by atoms with Gasteiger partial charge >= 0.3 is 0 Å². The van der Waals surface area contributed by atoms with Crippen LogP contribution in [0.25, 0.3) is 77.5 Å². The highest BCUT2D eigenvalue weighted by Crippen LogP contribution is 2.37. The van der Waals surface area contributed by atoms with E-state index in [0.717, 1.165) is 77.5 Å². The summed E-state index contributed by atoms with van der Waals surface area (Å²) >= 11 is 0. The maximum atomic E-state index is 5.34. The Morgan fingerprint density at radius 2 is 1.10 bits per heavy atom. The molecule has 6 heterocycles. The molecule has 0 unspecified atom stereocenters. The fourth-order valence-electron chi connectivity index (χ4n) is 5.38. The smallest absolute Gasteiger partial charge is 0.0986 e. The molecule has 0 N–H and O–H groups in total. The number of aromatic nitrogens is 6. The van der Waals surface area contributed by atoms with Crippen LogP contribution in [-0.4, -0.2) is 29.9 Å². The summed E-state index contributed by atoms with van der Waals surface area (Å²) in [5.74, 6) is 0. The summed E-state index contributed by atoms with van der Waals surface area (Å²) in [6, 6.07) is 32.4. The molecule has 0 radical (unpaired) electrons. The molecule has 8 rings (SSSR count). The minimum Gasteiger partial charge on any atom is -0.255 e. The van der Waals surface area contributed by atoms with Gasteiger partial charge in [-0.15, -0.1) is 0 Å². The summed E-state index contributed by atoms with van der Waals surface area (Å²) in [6.07, 6.45) is 7.30. The number of benzene rings is 2. The minimum absolute atomic E-state index is 0.763. The molecular weight excluding hydrogens is 492 g/mol. The molecule has 2 aromatic carbocycles. The van der Waals surface area contributed by atoms with E-state index in [2.05, 4.69) is 63.5 Å². The Hall–Kier alpha value is -5.62. The molecule has 6 nitrogen and oxygen atoms in total. The standard InChI is InChI=1S/C34H20N6/c1-2-10-24-23(9-1)26-20-38-34-25(14-13-21-8-7-17-37-32(21)34)33(26)40-31(24)22-18-29(27-11-3-5-15-35-27)39-30(19-22)28-12-4-6-16-36-28/h1-20H. The third-order valence-electron chi connectivity index (χ3n) is 7.23. The molecule has 0 saturated heterocycles. The monoisotopic (exact) mass is 512 g/mol. The first kappa shape index (κ1) is 22.4. The summed E-state index contributed by atoms with van der Waals surface area (Å²) in [7, 11) is 0. The number of hydrogen-bond donors (Lipinski definition) is 0. The van der Waals surface area contributed by atoms with Gasteiger partial charge in [0.15, 0.2) is 0 Å². The van der Waals surface area contributed by atoms with E-state index in [1.54, 1.807) is 12.4 Å². The molecule has 8 aromatic rings. The summed E-state index contributed by atoms with van der Waals surface area (Å²) in [5.41, 5.74) is 7.53. The maximum Gasteiger partial charge on any atom is 0.0986 e. The molecule has 6 heteroatoms. The van der Waals surface area contributed by atoms with Crippen molar-refractivity contribution in [3.05, 3.63) is 122 Å². The van der Waals surface area contributed by atoms with Crippen molar-refractivity contribution in [3.63, 3.8) is 0 Å². The molecule has 6 aromatic heterocycles. The molecule has 0 aliphatic rings. The highest BCUT2D eigenvalue weighted by atomic mass is 14.8. The molecule has 40 heavy (non-hydrogen) atoms. The van der Waals surface area contributed by atoms with Crippen LogP contribution in [0.2, 0.25) is 0 Å². The van der Waals surface area contributed by atoms with E-state index in [1.807, 2.05) is 60.9 Å². The van der Waals surface area contributed by atoms with Crippen molar-refractivity contribution in [2.45, 2.75) is 0 Å². The second-order valence-electron chi connectivity index (χ2n) is 9.62. The van der Waals surface area contributed by atoms with Gasteiger partial charge in [0.2, 0.25) is 0 Å². The summed E-state index contributed by atoms with van der Waals surface area (Å²) in [6.45, 7) is 0. The number of rotatable bonds is 3. The van der Waals surface area contributed by atoms with E-state index in [4.69, 9.17) is 15.0 Å². The Kier molecular flexibility index (Phi) is 5.03. The molecule has 0 amide bonds. The maximum absolute atomic E-state index is 5.34. The van der Waals surface area contributed by atoms with Crippen molar-refractivity contribution < 1.29 is 0 Å². The van der Waals surface area contributed by atoms with Crippen LogP contribution >= 0.6 is 0 Å². The van der Waals surface area contributed by atoms with Crippen molar-refractivity contribution in [2.75, 3.05) is 0 Å². The average Bonchev–Trinajstić information content (AvgIpc) is 3.04. The first-order valence-electron chi connectivity index (χ1n) is 13.0. The quantitative estimate of drug-likeness (QED) is 0.226. The Morgan fingerprint density at radius 3 is 1.82 bits per heavy atom. The summed E-state index contributed by atoms with van der Waals surface area (Å²) < 4.78 is 0. The molecule has 0 aliphatic heterocycles. The van der Waals surface area contributed by atoms with Crippen LogP contribution in [0.1, 0.15) is 0 Å². The van der Waals surface area contributed by atoms with Crippen LogP contribution in [0.15, 0.2) is 122 Å². The van der Waals surface area contributed by atoms with E-state index >= 15 is 0 Å². The van der Waals surface area contributed by atoms with Crippen LogP contribution in [-0.2, 0) is 0 Å². The third-order valence-corrected chi connectivity index (χ3v) is 7.23. The lowest BCUT2D eigenvalue weighted by molar-refractivity contribution is 1.22. The molecule has 0 aliphatic carbocycles. The molecular formula is C34H20N6. The van der Waals surface area contributed by atoms with E-state index in [-0.39, 0.29) is 0 Å². The fourth-order valence-corrected chi connectivity index (χ4v) is 5.38. The van der Waals surface area contributed by atoms with E-state index in [9.17, 15) is 0 Å². The zero-order chi connectivity index (χ0) is 26.5. The summed E-state index contributed by atoms with van der Waals surface area (Å²) in [5, 5.41) is 5.16. The largest absolute Gasteiger partial charge is 0.255 e. The van der Waals surface area contributed by atoms with Crippen LogP contribution in [0.4, 0.5) is 0 Å². The van der Waals surface area contributed by atoms with Gasteiger partial charge in [-0.05, 0) is 53.9 Å². The molecule has 0 spiro atoms. The lowest BCUT2D eigenvalue weighted by atomic mass is 9.98. The Morgan fingerprint density at radius 1 is 0.400 bits per heavy atom. The number of fused-ring (bicyclic) bond motifs is 7. The van der Waals surface area contributed by atoms with Gasteiger partial charge in [0.05, 0.1) is 45.0 Å². The average molecular weight is 513 g/mol. The van der Waals surface area contributed by atoms with Crippen LogP contribution < -0.4 is 0 Å². The zero-order valence-electron chi connectivity index (χ0n) is 21.2. The molecule has 0 bridgehead atoms. The van der Waals surface area contributed by atoms with Crippen LogP contribution in [0.5, 0.6) is 0 Å². The predicted octanol–water partition coefficient (Wildman–Crippen LogP) is 7.67. The van der Waals surface area contributed by atoms with E-state index < -0.39 is 0 Å². The minimum atomic E-state index is 0.763. The topological polar surface area (TPSA) is 77.3 Å². The highest BCUT2D eigenvalue weighted by molar-refractivity contribution is 6.20. The molecule has 0 saturated carbocycles. The Balaban J connectivity index is 1.47. The third kappa shape index (κ3) is 3.58. The van der Waals surface area contributed by atoms with Crippen molar-refractivity contribution >= 4 is 43.5 Å². The van der Waals surface area contributed by atoms with E-state index in [0.29, 0.717) is 0 Å². The second kappa shape index (κ2) is 8.99. The van der Waals surface area contributed by atoms with Crippen molar-refractivity contribution in [3.8, 4) is 34.0 Å². The van der Waals surface area contributed by atoms with Gasteiger partial charge in [0.25, 0.3) is 0 Å². The van der Waals surface area contributed by atoms with Crippen molar-refractivity contribution in [2.24, 2.45) is 0 Å². The van der Waals surface area contributed by atoms with Gasteiger partial charge in [-0.25, -0.2) is 9.97 Å². The Bertz CT molecular complexity index is 2160. The van der Waals surface area contributed by atoms with Gasteiger partial charge in [-0.1, -0.05) is 48.5 Å². The van der Waals surface area contributed by atoms with Crippen molar-refractivity contribution in [1.82, 2.24) is 29.9 Å². The zero-order valence-corrected chi connectivity index (χ0v) is 21.2.